The summed E-state index contributed by atoms with van der Waals surface area (Å²) < 4.78 is 10.5. The highest BCUT2D eigenvalue weighted by Crippen LogP contribution is 2.17. The molecule has 0 bridgehead atoms. The lowest BCUT2D eigenvalue weighted by Gasteiger charge is -2.15. The molecule has 0 saturated carbocycles. The van der Waals surface area contributed by atoms with E-state index in [1.807, 2.05) is 30.3 Å². The second kappa shape index (κ2) is 3.30. The smallest absolute Gasteiger partial charge is 0.161 e. The first kappa shape index (κ1) is 7.22. The van der Waals surface area contributed by atoms with Gasteiger partial charge in [0.05, 0.1) is 0 Å². The second-order valence-corrected chi connectivity index (χ2v) is 2.57. The monoisotopic (exact) mass is 162 g/mol. The lowest BCUT2D eigenvalue weighted by atomic mass is 10.2. The molecule has 1 aromatic carbocycles. The minimum atomic E-state index is 0.640. The summed E-state index contributed by atoms with van der Waals surface area (Å²) in [6.07, 6.45) is 1.67. The van der Waals surface area contributed by atoms with Crippen LogP contribution in [0.2, 0.25) is 0 Å². The number of benzene rings is 1. The van der Waals surface area contributed by atoms with Gasteiger partial charge in [0.15, 0.2) is 5.76 Å². The largest absolute Gasteiger partial charge is 0.494 e. The molecular formula is C10H10O2. The average molecular weight is 162 g/mol. The predicted octanol–water partition coefficient (Wildman–Crippen LogP) is 2.03. The van der Waals surface area contributed by atoms with Crippen molar-refractivity contribution in [2.24, 2.45) is 0 Å². The summed E-state index contributed by atoms with van der Waals surface area (Å²) in [6, 6.07) is 9.94. The normalized spacial score (nSPS) is 15.8. The van der Waals surface area contributed by atoms with Crippen LogP contribution >= 0.6 is 0 Å². The Morgan fingerprint density at radius 2 is 1.83 bits per heavy atom. The highest BCUT2D eigenvalue weighted by Gasteiger charge is 2.06. The third kappa shape index (κ3) is 1.42. The molecule has 0 amide bonds. The van der Waals surface area contributed by atoms with Crippen LogP contribution in [-0.4, -0.2) is 13.2 Å². The Labute approximate surface area is 71.4 Å². The fraction of sp³-hybridized carbons (Fsp3) is 0.200. The molecule has 2 heteroatoms. The lowest BCUT2D eigenvalue weighted by molar-refractivity contribution is 0.125. The lowest BCUT2D eigenvalue weighted by Crippen LogP contribution is -2.07. The van der Waals surface area contributed by atoms with Crippen LogP contribution in [-0.2, 0) is 9.47 Å². The predicted molar refractivity (Wildman–Crippen MR) is 46.3 cm³/mol. The molecule has 0 aliphatic carbocycles. The van der Waals surface area contributed by atoms with E-state index in [1.54, 1.807) is 6.26 Å². The minimum Gasteiger partial charge on any atom is -0.494 e. The second-order valence-electron chi connectivity index (χ2n) is 2.57. The van der Waals surface area contributed by atoms with Gasteiger partial charge in [0.25, 0.3) is 0 Å². The van der Waals surface area contributed by atoms with E-state index in [0.717, 1.165) is 11.3 Å². The number of ether oxygens (including phenoxy) is 2. The summed E-state index contributed by atoms with van der Waals surface area (Å²) in [5.41, 5.74) is 1.07. The van der Waals surface area contributed by atoms with Gasteiger partial charge in [0.2, 0.25) is 0 Å². The number of hydrogen-bond donors (Lipinski definition) is 0. The summed E-state index contributed by atoms with van der Waals surface area (Å²) in [7, 11) is 0. The molecule has 0 spiro atoms. The van der Waals surface area contributed by atoms with Crippen LogP contribution in [0.3, 0.4) is 0 Å². The van der Waals surface area contributed by atoms with Crippen molar-refractivity contribution in [2.75, 3.05) is 13.2 Å². The van der Waals surface area contributed by atoms with Crippen LogP contribution in [0.15, 0.2) is 36.6 Å². The fourth-order valence-electron chi connectivity index (χ4n) is 1.12. The Hall–Kier alpha value is -1.44. The molecule has 0 aromatic heterocycles. The van der Waals surface area contributed by atoms with Gasteiger partial charge in [-0.2, -0.15) is 0 Å². The minimum absolute atomic E-state index is 0.640. The van der Waals surface area contributed by atoms with E-state index >= 15 is 0 Å². The molecule has 0 atom stereocenters. The summed E-state index contributed by atoms with van der Waals surface area (Å²) in [6.45, 7) is 1.29. The van der Waals surface area contributed by atoms with Gasteiger partial charge in [-0.15, -0.1) is 0 Å². The Bertz CT molecular complexity index is 277. The van der Waals surface area contributed by atoms with E-state index in [0.29, 0.717) is 13.2 Å². The first-order valence-corrected chi connectivity index (χ1v) is 3.97. The van der Waals surface area contributed by atoms with Crippen molar-refractivity contribution in [2.45, 2.75) is 0 Å². The Morgan fingerprint density at radius 3 is 2.50 bits per heavy atom. The van der Waals surface area contributed by atoms with Crippen molar-refractivity contribution in [3.05, 3.63) is 42.2 Å². The van der Waals surface area contributed by atoms with Crippen LogP contribution in [0, 0.1) is 0 Å². The number of rotatable bonds is 1. The zero-order valence-electron chi connectivity index (χ0n) is 6.69. The van der Waals surface area contributed by atoms with Crippen molar-refractivity contribution in [1.82, 2.24) is 0 Å². The van der Waals surface area contributed by atoms with E-state index in [-0.39, 0.29) is 0 Å². The SMILES string of the molecule is C1=C(c2ccccc2)OCCO1. The van der Waals surface area contributed by atoms with Crippen molar-refractivity contribution in [1.29, 1.82) is 0 Å². The molecule has 2 rings (SSSR count). The van der Waals surface area contributed by atoms with Crippen LogP contribution in [0.4, 0.5) is 0 Å². The highest BCUT2D eigenvalue weighted by molar-refractivity contribution is 5.58. The molecule has 0 fully saturated rings. The van der Waals surface area contributed by atoms with Gasteiger partial charge in [-0.1, -0.05) is 30.3 Å². The third-order valence-corrected chi connectivity index (χ3v) is 1.71. The molecule has 1 heterocycles. The molecule has 0 saturated heterocycles. The van der Waals surface area contributed by atoms with Crippen molar-refractivity contribution in [3.8, 4) is 0 Å². The van der Waals surface area contributed by atoms with Crippen molar-refractivity contribution < 1.29 is 9.47 Å². The Kier molecular flexibility index (Phi) is 1.99. The molecule has 1 aliphatic heterocycles. The van der Waals surface area contributed by atoms with Crippen LogP contribution in [0.5, 0.6) is 0 Å². The molecule has 12 heavy (non-hydrogen) atoms. The summed E-state index contributed by atoms with van der Waals surface area (Å²) in [5, 5.41) is 0. The van der Waals surface area contributed by atoms with E-state index < -0.39 is 0 Å². The van der Waals surface area contributed by atoms with E-state index in [4.69, 9.17) is 9.47 Å². The number of hydrogen-bond acceptors (Lipinski definition) is 2. The molecule has 0 radical (unpaired) electrons. The summed E-state index contributed by atoms with van der Waals surface area (Å²) in [5.74, 6) is 0.821. The van der Waals surface area contributed by atoms with Gasteiger partial charge in [0, 0.05) is 5.56 Å². The third-order valence-electron chi connectivity index (χ3n) is 1.71. The standard InChI is InChI=1S/C10H10O2/c1-2-4-9(5-3-1)10-8-11-6-7-12-10/h1-5,8H,6-7H2. The topological polar surface area (TPSA) is 18.5 Å². The maximum Gasteiger partial charge on any atom is 0.161 e. The highest BCUT2D eigenvalue weighted by atomic mass is 16.6. The Balaban J connectivity index is 2.24. The van der Waals surface area contributed by atoms with Crippen LogP contribution < -0.4 is 0 Å². The molecule has 0 N–H and O–H groups in total. The summed E-state index contributed by atoms with van der Waals surface area (Å²) >= 11 is 0. The van der Waals surface area contributed by atoms with Crippen molar-refractivity contribution in [3.63, 3.8) is 0 Å². The van der Waals surface area contributed by atoms with E-state index in [9.17, 15) is 0 Å². The van der Waals surface area contributed by atoms with Gasteiger partial charge in [-0.05, 0) is 0 Å². The van der Waals surface area contributed by atoms with Crippen LogP contribution in [0.1, 0.15) is 5.56 Å². The first-order valence-electron chi connectivity index (χ1n) is 3.97. The maximum absolute atomic E-state index is 5.40. The van der Waals surface area contributed by atoms with Gasteiger partial charge >= 0.3 is 0 Å². The van der Waals surface area contributed by atoms with E-state index in [2.05, 4.69) is 0 Å². The summed E-state index contributed by atoms with van der Waals surface area (Å²) in [4.78, 5) is 0. The molecular weight excluding hydrogens is 152 g/mol. The van der Waals surface area contributed by atoms with Gasteiger partial charge in [-0.3, -0.25) is 0 Å². The first-order chi connectivity index (χ1) is 5.97. The zero-order valence-corrected chi connectivity index (χ0v) is 6.69. The molecule has 1 aliphatic rings. The van der Waals surface area contributed by atoms with Gasteiger partial charge in [-0.25, -0.2) is 0 Å². The van der Waals surface area contributed by atoms with Crippen molar-refractivity contribution >= 4 is 5.76 Å². The quantitative estimate of drug-likeness (QED) is 0.629. The molecule has 2 nitrogen and oxygen atoms in total. The maximum atomic E-state index is 5.40. The van der Waals surface area contributed by atoms with E-state index in [1.165, 1.54) is 0 Å². The van der Waals surface area contributed by atoms with Gasteiger partial charge in [0.1, 0.15) is 19.5 Å². The van der Waals surface area contributed by atoms with Crippen LogP contribution in [0.25, 0.3) is 5.76 Å². The molecule has 62 valence electrons. The Morgan fingerprint density at radius 1 is 1.00 bits per heavy atom. The van der Waals surface area contributed by atoms with Gasteiger partial charge < -0.3 is 9.47 Å². The average Bonchev–Trinajstić information content (AvgIpc) is 2.21. The zero-order chi connectivity index (χ0) is 8.23. The fourth-order valence-corrected chi connectivity index (χ4v) is 1.12. The molecule has 0 unspecified atom stereocenters. The molecule has 1 aromatic rings.